The fourth-order valence-electron chi connectivity index (χ4n) is 4.04. The maximum atomic E-state index is 6.88. The first-order chi connectivity index (χ1) is 15.0. The molecule has 0 saturated heterocycles. The molecule has 0 amide bonds. The van der Waals surface area contributed by atoms with Crippen LogP contribution >= 0.6 is 0 Å². The Morgan fingerprint density at radius 3 is 1.06 bits per heavy atom. The molecule has 0 fully saturated rings. The SMILES string of the molecule is CCO[Si](CCC[Si](C)(C)O[Si](C)(C)CC[Si](OCC)(OCC)OCC)(OCC)OCC. The molecule has 32 heavy (non-hydrogen) atoms. The minimum absolute atomic E-state index is 0.612. The first-order valence-corrected chi connectivity index (χ1v) is 22.6. The Morgan fingerprint density at radius 2 is 0.719 bits per heavy atom. The molecule has 0 heterocycles. The lowest BCUT2D eigenvalue weighted by molar-refractivity contribution is 0.0706. The van der Waals surface area contributed by atoms with Crippen molar-refractivity contribution in [1.82, 2.24) is 0 Å². The Balaban J connectivity index is 4.99. The minimum atomic E-state index is -2.63. The van der Waals surface area contributed by atoms with Crippen molar-refractivity contribution in [3.63, 3.8) is 0 Å². The third kappa shape index (κ3) is 12.9. The molecule has 0 aliphatic rings. The molecule has 0 aromatic heterocycles. The van der Waals surface area contributed by atoms with E-state index in [0.717, 1.165) is 30.6 Å². The molecular formula is C21H52O7Si4. The van der Waals surface area contributed by atoms with Gasteiger partial charge in [0.25, 0.3) is 0 Å². The largest absolute Gasteiger partial charge is 0.500 e. The van der Waals surface area contributed by atoms with E-state index < -0.39 is 34.2 Å². The molecule has 11 heteroatoms. The summed E-state index contributed by atoms with van der Waals surface area (Å²) in [6.45, 7) is 25.0. The third-order valence-electron chi connectivity index (χ3n) is 5.03. The second-order valence-corrected chi connectivity index (χ2v) is 23.3. The maximum absolute atomic E-state index is 6.88. The summed E-state index contributed by atoms with van der Waals surface area (Å²) >= 11 is 0. The van der Waals surface area contributed by atoms with Crippen molar-refractivity contribution in [3.05, 3.63) is 0 Å². The van der Waals surface area contributed by atoms with Crippen LogP contribution in [0.4, 0.5) is 0 Å². The van der Waals surface area contributed by atoms with E-state index in [9.17, 15) is 0 Å². The molecular weight excluding hydrogens is 477 g/mol. The molecule has 0 aromatic rings. The van der Waals surface area contributed by atoms with E-state index in [0.29, 0.717) is 39.6 Å². The average Bonchev–Trinajstić information content (AvgIpc) is 2.67. The minimum Gasteiger partial charge on any atom is -0.456 e. The zero-order valence-electron chi connectivity index (χ0n) is 22.6. The van der Waals surface area contributed by atoms with Gasteiger partial charge in [-0.1, -0.05) is 0 Å². The van der Waals surface area contributed by atoms with Gasteiger partial charge in [0.05, 0.1) is 0 Å². The van der Waals surface area contributed by atoms with E-state index in [4.69, 9.17) is 30.7 Å². The van der Waals surface area contributed by atoms with E-state index in [1.807, 2.05) is 41.5 Å². The van der Waals surface area contributed by atoms with E-state index in [-0.39, 0.29) is 0 Å². The quantitative estimate of drug-likeness (QED) is 0.172. The lowest BCUT2D eigenvalue weighted by Crippen LogP contribution is -2.50. The molecule has 0 unspecified atom stereocenters. The Labute approximate surface area is 202 Å². The van der Waals surface area contributed by atoms with Crippen LogP contribution in [0.1, 0.15) is 48.0 Å². The summed E-state index contributed by atoms with van der Waals surface area (Å²) in [5.41, 5.74) is 0. The molecule has 0 saturated carbocycles. The van der Waals surface area contributed by atoms with E-state index in [2.05, 4.69) is 26.2 Å². The lowest BCUT2D eigenvalue weighted by Gasteiger charge is -2.37. The van der Waals surface area contributed by atoms with Crippen molar-refractivity contribution in [2.24, 2.45) is 0 Å². The Bertz CT molecular complexity index is 447. The zero-order valence-corrected chi connectivity index (χ0v) is 26.6. The predicted octanol–water partition coefficient (Wildman–Crippen LogP) is 5.90. The average molecular weight is 529 g/mol. The topological polar surface area (TPSA) is 64.6 Å². The predicted molar refractivity (Wildman–Crippen MR) is 141 cm³/mol. The highest BCUT2D eigenvalue weighted by Gasteiger charge is 2.44. The van der Waals surface area contributed by atoms with Gasteiger partial charge in [0.1, 0.15) is 0 Å². The van der Waals surface area contributed by atoms with Crippen LogP contribution in [0.2, 0.25) is 50.4 Å². The summed E-state index contributed by atoms with van der Waals surface area (Å²) in [7, 11) is -8.97. The van der Waals surface area contributed by atoms with Crippen molar-refractivity contribution >= 4 is 34.2 Å². The first-order valence-electron chi connectivity index (χ1n) is 12.5. The third-order valence-corrected chi connectivity index (χ3v) is 19.2. The van der Waals surface area contributed by atoms with E-state index >= 15 is 0 Å². The smallest absolute Gasteiger partial charge is 0.456 e. The number of hydrogen-bond acceptors (Lipinski definition) is 7. The van der Waals surface area contributed by atoms with Crippen LogP contribution < -0.4 is 0 Å². The van der Waals surface area contributed by atoms with Crippen LogP contribution in [0.3, 0.4) is 0 Å². The summed E-state index contributed by atoms with van der Waals surface area (Å²) in [6.07, 6.45) is 1.01. The van der Waals surface area contributed by atoms with Crippen molar-refractivity contribution in [3.8, 4) is 0 Å². The molecule has 0 rings (SSSR count). The summed E-state index contributed by atoms with van der Waals surface area (Å²) in [5.74, 6) is 0. The normalized spacial score (nSPS) is 13.7. The van der Waals surface area contributed by atoms with Gasteiger partial charge in [-0.25, -0.2) is 0 Å². The second-order valence-electron chi connectivity index (χ2n) is 8.94. The highest BCUT2D eigenvalue weighted by molar-refractivity contribution is 6.85. The van der Waals surface area contributed by atoms with Crippen LogP contribution in [0.5, 0.6) is 0 Å². The molecule has 0 aromatic carbocycles. The summed E-state index contributed by atoms with van der Waals surface area (Å²) in [6, 6.07) is 3.71. The van der Waals surface area contributed by atoms with Crippen molar-refractivity contribution in [2.45, 2.75) is 98.3 Å². The molecule has 194 valence electrons. The maximum Gasteiger partial charge on any atom is 0.500 e. The molecule has 0 aliphatic heterocycles. The Hall–Kier alpha value is 0.588. The molecule has 0 radical (unpaired) electrons. The van der Waals surface area contributed by atoms with Gasteiger partial charge in [-0.2, -0.15) is 0 Å². The molecule has 0 N–H and O–H groups in total. The lowest BCUT2D eigenvalue weighted by atomic mass is 10.6. The van der Waals surface area contributed by atoms with Crippen LogP contribution in [0.15, 0.2) is 0 Å². The highest BCUT2D eigenvalue weighted by atomic mass is 28.4. The van der Waals surface area contributed by atoms with Gasteiger partial charge >= 0.3 is 17.6 Å². The fourth-order valence-corrected chi connectivity index (χ4v) is 20.5. The molecule has 7 nitrogen and oxygen atoms in total. The van der Waals surface area contributed by atoms with Gasteiger partial charge in [0.15, 0.2) is 16.6 Å². The van der Waals surface area contributed by atoms with Gasteiger partial charge in [0.2, 0.25) is 0 Å². The molecule has 0 bridgehead atoms. The van der Waals surface area contributed by atoms with Gasteiger partial charge in [-0.15, -0.1) is 0 Å². The van der Waals surface area contributed by atoms with E-state index in [1.54, 1.807) is 0 Å². The zero-order chi connectivity index (χ0) is 24.7. The van der Waals surface area contributed by atoms with Gasteiger partial charge in [-0.3, -0.25) is 0 Å². The second kappa shape index (κ2) is 16.3. The van der Waals surface area contributed by atoms with Gasteiger partial charge < -0.3 is 30.7 Å². The summed E-state index contributed by atoms with van der Waals surface area (Å²) in [5, 5.41) is 0. The van der Waals surface area contributed by atoms with Crippen molar-refractivity contribution in [2.75, 3.05) is 39.6 Å². The Kier molecular flexibility index (Phi) is 16.6. The first kappa shape index (κ1) is 32.6. The van der Waals surface area contributed by atoms with Crippen LogP contribution in [-0.4, -0.2) is 73.9 Å². The van der Waals surface area contributed by atoms with Crippen LogP contribution in [0, 0.1) is 0 Å². The standard InChI is InChI=1S/C21H52O7Si4/c1-11-22-31(23-12-2,24-13-3)19-17-18-29(7,8)28-30(9,10)20-21-32(25-14-4,26-15-5)27-16-6/h11-21H2,1-10H3. The number of rotatable bonds is 21. The van der Waals surface area contributed by atoms with Crippen LogP contribution in [-0.2, 0) is 30.7 Å². The molecule has 0 atom stereocenters. The monoisotopic (exact) mass is 528 g/mol. The van der Waals surface area contributed by atoms with Crippen molar-refractivity contribution in [1.29, 1.82) is 0 Å². The molecule has 0 spiro atoms. The van der Waals surface area contributed by atoms with Gasteiger partial charge in [-0.05, 0) is 86.2 Å². The van der Waals surface area contributed by atoms with Crippen LogP contribution in [0.25, 0.3) is 0 Å². The van der Waals surface area contributed by atoms with Gasteiger partial charge in [0, 0.05) is 51.7 Å². The Morgan fingerprint density at radius 1 is 0.406 bits per heavy atom. The van der Waals surface area contributed by atoms with E-state index in [1.165, 1.54) is 0 Å². The summed E-state index contributed by atoms with van der Waals surface area (Å²) < 4.78 is 43.0. The van der Waals surface area contributed by atoms with Crippen molar-refractivity contribution < 1.29 is 30.7 Å². The molecule has 0 aliphatic carbocycles. The fraction of sp³-hybridized carbons (Fsp3) is 1.00. The summed E-state index contributed by atoms with van der Waals surface area (Å²) in [4.78, 5) is 0. The highest BCUT2D eigenvalue weighted by Crippen LogP contribution is 2.30. The number of hydrogen-bond donors (Lipinski definition) is 0.